The minimum absolute atomic E-state index is 0.738. The summed E-state index contributed by atoms with van der Waals surface area (Å²) in [6.07, 6.45) is 3.76. The van der Waals surface area contributed by atoms with E-state index in [4.69, 9.17) is 0 Å². The van der Waals surface area contributed by atoms with Crippen LogP contribution >= 0.6 is 0 Å². The first kappa shape index (κ1) is 8.21. The highest BCUT2D eigenvalue weighted by atomic mass is 15.0. The van der Waals surface area contributed by atoms with Gasteiger partial charge < -0.3 is 5.32 Å². The Balaban J connectivity index is 0.000000291. The van der Waals surface area contributed by atoms with Crippen LogP contribution in [0.1, 0.15) is 20.8 Å². The minimum Gasteiger partial charge on any atom is -0.370 e. The average molecular weight is 126 g/mol. The molecule has 1 rings (SSSR count). The Morgan fingerprint density at radius 1 is 1.56 bits per heavy atom. The zero-order valence-corrected chi connectivity index (χ0v) is 6.31. The quantitative estimate of drug-likeness (QED) is 0.523. The molecule has 2 heteroatoms. The first-order chi connectivity index (χ1) is 4.39. The zero-order chi connectivity index (χ0) is 7.11. The summed E-state index contributed by atoms with van der Waals surface area (Å²) in [4.78, 5) is 3.92. The van der Waals surface area contributed by atoms with Gasteiger partial charge in [-0.15, -0.1) is 0 Å². The largest absolute Gasteiger partial charge is 0.370 e. The SMILES string of the molecule is CC.CC1=CC=NCN1. The van der Waals surface area contributed by atoms with Crippen LogP contribution in [0.5, 0.6) is 0 Å². The molecule has 1 heterocycles. The third-order valence-corrected chi connectivity index (χ3v) is 0.879. The van der Waals surface area contributed by atoms with E-state index in [-0.39, 0.29) is 0 Å². The van der Waals surface area contributed by atoms with Crippen molar-refractivity contribution in [2.45, 2.75) is 20.8 Å². The lowest BCUT2D eigenvalue weighted by molar-refractivity contribution is 0.821. The molecule has 1 aliphatic heterocycles. The lowest BCUT2D eigenvalue weighted by atomic mass is 10.4. The van der Waals surface area contributed by atoms with Crippen LogP contribution in [0, 0.1) is 0 Å². The van der Waals surface area contributed by atoms with E-state index < -0.39 is 0 Å². The summed E-state index contributed by atoms with van der Waals surface area (Å²) in [6.45, 7) is 6.76. The lowest BCUT2D eigenvalue weighted by Gasteiger charge is -2.03. The fourth-order valence-corrected chi connectivity index (χ4v) is 0.446. The molecule has 0 unspecified atom stereocenters. The lowest BCUT2D eigenvalue weighted by Crippen LogP contribution is -2.13. The monoisotopic (exact) mass is 126 g/mol. The molecule has 0 radical (unpaired) electrons. The Morgan fingerprint density at radius 2 is 2.22 bits per heavy atom. The first-order valence-corrected chi connectivity index (χ1v) is 3.30. The molecule has 0 aromatic carbocycles. The van der Waals surface area contributed by atoms with E-state index in [2.05, 4.69) is 10.3 Å². The Kier molecular flexibility index (Phi) is 4.88. The molecule has 0 bridgehead atoms. The van der Waals surface area contributed by atoms with Crippen molar-refractivity contribution in [3.8, 4) is 0 Å². The topological polar surface area (TPSA) is 24.4 Å². The van der Waals surface area contributed by atoms with Gasteiger partial charge >= 0.3 is 0 Å². The standard InChI is InChI=1S/C5H8N2.C2H6/c1-5-2-3-6-4-7-5;1-2/h2-3,7H,4H2,1H3;1-2H3. The van der Waals surface area contributed by atoms with Crippen LogP contribution in [0.2, 0.25) is 0 Å². The molecule has 1 N–H and O–H groups in total. The third kappa shape index (κ3) is 3.76. The average Bonchev–Trinajstić information content (AvgIpc) is 1.94. The molecule has 0 aromatic rings. The van der Waals surface area contributed by atoms with Gasteiger partial charge in [0.05, 0.1) is 0 Å². The van der Waals surface area contributed by atoms with Crippen molar-refractivity contribution in [1.29, 1.82) is 0 Å². The van der Waals surface area contributed by atoms with Crippen LogP contribution in [0.25, 0.3) is 0 Å². The van der Waals surface area contributed by atoms with E-state index in [1.807, 2.05) is 33.1 Å². The number of rotatable bonds is 0. The maximum absolute atomic E-state index is 3.92. The van der Waals surface area contributed by atoms with Crippen molar-refractivity contribution in [1.82, 2.24) is 5.32 Å². The van der Waals surface area contributed by atoms with Crippen molar-refractivity contribution in [3.63, 3.8) is 0 Å². The molecule has 52 valence electrons. The number of allylic oxidation sites excluding steroid dienone is 2. The summed E-state index contributed by atoms with van der Waals surface area (Å²) in [5.74, 6) is 0. The van der Waals surface area contributed by atoms with Crippen molar-refractivity contribution in [2.75, 3.05) is 6.67 Å². The van der Waals surface area contributed by atoms with Gasteiger partial charge in [0.15, 0.2) is 0 Å². The van der Waals surface area contributed by atoms with Gasteiger partial charge in [-0.2, -0.15) is 0 Å². The predicted molar refractivity (Wildman–Crippen MR) is 41.6 cm³/mol. The number of aliphatic imine (C=N–C) groups is 1. The fourth-order valence-electron chi connectivity index (χ4n) is 0.446. The molecule has 1 aliphatic rings. The molecule has 0 aliphatic carbocycles. The highest BCUT2D eigenvalue weighted by Crippen LogP contribution is 1.86. The third-order valence-electron chi connectivity index (χ3n) is 0.879. The summed E-state index contributed by atoms with van der Waals surface area (Å²) in [5.41, 5.74) is 1.19. The zero-order valence-electron chi connectivity index (χ0n) is 6.31. The van der Waals surface area contributed by atoms with Crippen molar-refractivity contribution < 1.29 is 0 Å². The smallest absolute Gasteiger partial charge is 0.107 e. The molecule has 0 aromatic heterocycles. The van der Waals surface area contributed by atoms with Crippen molar-refractivity contribution in [2.24, 2.45) is 4.99 Å². The normalized spacial score (nSPS) is 14.8. The van der Waals surface area contributed by atoms with E-state index in [0.29, 0.717) is 0 Å². The van der Waals surface area contributed by atoms with E-state index in [1.54, 1.807) is 0 Å². The van der Waals surface area contributed by atoms with Crippen LogP contribution in [-0.4, -0.2) is 12.9 Å². The molecule has 0 spiro atoms. The number of nitrogens with zero attached hydrogens (tertiary/aromatic N) is 1. The van der Waals surface area contributed by atoms with Crippen LogP contribution in [0.3, 0.4) is 0 Å². The number of nitrogens with one attached hydrogen (secondary N) is 1. The molecule has 0 saturated heterocycles. The van der Waals surface area contributed by atoms with Crippen LogP contribution in [0.15, 0.2) is 16.8 Å². The maximum atomic E-state index is 3.92. The Hall–Kier alpha value is -0.790. The van der Waals surface area contributed by atoms with E-state index >= 15 is 0 Å². The summed E-state index contributed by atoms with van der Waals surface area (Å²) < 4.78 is 0. The van der Waals surface area contributed by atoms with Gasteiger partial charge in [0.25, 0.3) is 0 Å². The van der Waals surface area contributed by atoms with Crippen molar-refractivity contribution >= 4 is 6.21 Å². The summed E-state index contributed by atoms with van der Waals surface area (Å²) in [6, 6.07) is 0. The molecule has 0 amide bonds. The molecule has 2 nitrogen and oxygen atoms in total. The number of hydrogen-bond acceptors (Lipinski definition) is 2. The molecule has 0 fully saturated rings. The summed E-state index contributed by atoms with van der Waals surface area (Å²) >= 11 is 0. The molecule has 0 atom stereocenters. The van der Waals surface area contributed by atoms with Gasteiger partial charge in [-0.1, -0.05) is 13.8 Å². The minimum atomic E-state index is 0.738. The Bertz CT molecular complexity index is 114. The van der Waals surface area contributed by atoms with Crippen LogP contribution in [0.4, 0.5) is 0 Å². The van der Waals surface area contributed by atoms with E-state index in [1.165, 1.54) is 5.70 Å². The van der Waals surface area contributed by atoms with Gasteiger partial charge in [0.1, 0.15) is 6.67 Å². The highest BCUT2D eigenvalue weighted by Gasteiger charge is 1.85. The molecule has 9 heavy (non-hydrogen) atoms. The summed E-state index contributed by atoms with van der Waals surface area (Å²) in [5, 5.41) is 3.05. The predicted octanol–water partition coefficient (Wildman–Crippen LogP) is 1.55. The Morgan fingerprint density at radius 3 is 2.44 bits per heavy atom. The van der Waals surface area contributed by atoms with E-state index in [0.717, 1.165) is 6.67 Å². The van der Waals surface area contributed by atoms with Gasteiger partial charge in [-0.25, -0.2) is 0 Å². The summed E-state index contributed by atoms with van der Waals surface area (Å²) in [7, 11) is 0. The number of hydrogen-bond donors (Lipinski definition) is 1. The second kappa shape index (κ2) is 5.35. The van der Waals surface area contributed by atoms with Gasteiger partial charge in [-0.3, -0.25) is 4.99 Å². The van der Waals surface area contributed by atoms with Crippen molar-refractivity contribution in [3.05, 3.63) is 11.8 Å². The molecule has 0 saturated carbocycles. The van der Waals surface area contributed by atoms with Gasteiger partial charge in [0.2, 0.25) is 0 Å². The van der Waals surface area contributed by atoms with Crippen LogP contribution < -0.4 is 5.32 Å². The maximum Gasteiger partial charge on any atom is 0.107 e. The molecular weight excluding hydrogens is 112 g/mol. The second-order valence-electron chi connectivity index (χ2n) is 1.52. The Labute approximate surface area is 56.7 Å². The molecular formula is C7H14N2. The van der Waals surface area contributed by atoms with Gasteiger partial charge in [0, 0.05) is 11.9 Å². The first-order valence-electron chi connectivity index (χ1n) is 3.30. The van der Waals surface area contributed by atoms with E-state index in [9.17, 15) is 0 Å². The second-order valence-corrected chi connectivity index (χ2v) is 1.52. The van der Waals surface area contributed by atoms with Gasteiger partial charge in [-0.05, 0) is 13.0 Å². The van der Waals surface area contributed by atoms with Crippen LogP contribution in [-0.2, 0) is 0 Å². The highest BCUT2D eigenvalue weighted by molar-refractivity contribution is 5.72. The fraction of sp³-hybridized carbons (Fsp3) is 0.571.